The monoisotopic (exact) mass is 430 g/mol. The van der Waals surface area contributed by atoms with Gasteiger partial charge >= 0.3 is 0 Å². The average Bonchev–Trinajstić information content (AvgIpc) is 2.40. The Bertz CT molecular complexity index is 542. The lowest BCUT2D eigenvalue weighted by Crippen LogP contribution is -2.06. The summed E-state index contributed by atoms with van der Waals surface area (Å²) in [6.07, 6.45) is 0.152. The van der Waals surface area contributed by atoms with Crippen LogP contribution in [-0.4, -0.2) is 4.43 Å². The molecular weight excluding hydrogens is 415 g/mol. The number of rotatable bonds is 5. The molecule has 3 heteroatoms. The number of alkyl halides is 1. The Balaban J connectivity index is 2.04. The number of ether oxygens (including phenoxy) is 1. The van der Waals surface area contributed by atoms with Crippen LogP contribution in [0.2, 0.25) is 0 Å². The van der Waals surface area contributed by atoms with Gasteiger partial charge < -0.3 is 4.74 Å². The van der Waals surface area contributed by atoms with Crippen LogP contribution in [0.4, 0.5) is 0 Å². The van der Waals surface area contributed by atoms with Gasteiger partial charge in [-0.2, -0.15) is 0 Å². The highest BCUT2D eigenvalue weighted by Crippen LogP contribution is 2.23. The molecule has 0 aliphatic rings. The van der Waals surface area contributed by atoms with Gasteiger partial charge in [0.1, 0.15) is 0 Å². The molecule has 0 radical (unpaired) electrons. The number of hydrogen-bond donors (Lipinski definition) is 0. The van der Waals surface area contributed by atoms with Crippen molar-refractivity contribution in [1.82, 2.24) is 0 Å². The first-order valence-corrected chi connectivity index (χ1v) is 8.49. The average molecular weight is 431 g/mol. The molecule has 19 heavy (non-hydrogen) atoms. The molecule has 0 N–H and O–H groups in total. The van der Waals surface area contributed by atoms with Crippen LogP contribution in [0.15, 0.2) is 53.0 Å². The van der Waals surface area contributed by atoms with Crippen molar-refractivity contribution in [2.24, 2.45) is 0 Å². The van der Waals surface area contributed by atoms with Crippen molar-refractivity contribution < 1.29 is 4.74 Å². The van der Waals surface area contributed by atoms with E-state index in [0.717, 1.165) is 8.90 Å². The van der Waals surface area contributed by atoms with Gasteiger partial charge in [0.15, 0.2) is 0 Å². The van der Waals surface area contributed by atoms with Crippen molar-refractivity contribution in [3.63, 3.8) is 0 Å². The third kappa shape index (κ3) is 4.58. The molecule has 1 nitrogen and oxygen atoms in total. The minimum atomic E-state index is 0.152. The van der Waals surface area contributed by atoms with Crippen LogP contribution in [0.5, 0.6) is 0 Å². The highest BCUT2D eigenvalue weighted by atomic mass is 127. The number of aryl methyl sites for hydroxylation is 1. The maximum Gasteiger partial charge on any atom is 0.0918 e. The quantitative estimate of drug-likeness (QED) is 0.452. The normalized spacial score (nSPS) is 12.4. The first-order valence-electron chi connectivity index (χ1n) is 6.17. The molecule has 0 aliphatic heterocycles. The van der Waals surface area contributed by atoms with Crippen molar-refractivity contribution in [2.75, 3.05) is 4.43 Å². The van der Waals surface area contributed by atoms with Crippen molar-refractivity contribution in [2.45, 2.75) is 19.6 Å². The molecule has 100 valence electrons. The number of hydrogen-bond acceptors (Lipinski definition) is 1. The van der Waals surface area contributed by atoms with Gasteiger partial charge in [0.05, 0.1) is 12.7 Å². The third-order valence-corrected chi connectivity index (χ3v) is 4.19. The molecule has 0 amide bonds. The minimum Gasteiger partial charge on any atom is -0.368 e. The molecule has 0 heterocycles. The predicted octanol–water partition coefficient (Wildman–Crippen LogP) is 5.45. The second-order valence-electron chi connectivity index (χ2n) is 4.50. The van der Waals surface area contributed by atoms with Gasteiger partial charge in [-0.05, 0) is 30.2 Å². The molecule has 0 saturated heterocycles. The van der Waals surface area contributed by atoms with Gasteiger partial charge in [-0.1, -0.05) is 80.5 Å². The largest absolute Gasteiger partial charge is 0.368 e. The van der Waals surface area contributed by atoms with E-state index < -0.39 is 0 Å². The van der Waals surface area contributed by atoms with Gasteiger partial charge in [-0.3, -0.25) is 0 Å². The molecule has 1 atom stereocenters. The molecule has 0 spiro atoms. The van der Waals surface area contributed by atoms with Crippen LogP contribution in [0.3, 0.4) is 0 Å². The predicted molar refractivity (Wildman–Crippen MR) is 91.7 cm³/mol. The first-order chi connectivity index (χ1) is 9.19. The zero-order chi connectivity index (χ0) is 13.7. The summed E-state index contributed by atoms with van der Waals surface area (Å²) in [5.74, 6) is 0. The van der Waals surface area contributed by atoms with Crippen LogP contribution in [-0.2, 0) is 11.3 Å². The molecule has 1 unspecified atom stereocenters. The summed E-state index contributed by atoms with van der Waals surface area (Å²) in [6.45, 7) is 2.75. The van der Waals surface area contributed by atoms with E-state index in [1.165, 1.54) is 16.7 Å². The zero-order valence-corrected chi connectivity index (χ0v) is 14.5. The Morgan fingerprint density at radius 1 is 1.16 bits per heavy atom. The highest BCUT2D eigenvalue weighted by molar-refractivity contribution is 14.1. The van der Waals surface area contributed by atoms with Crippen LogP contribution < -0.4 is 0 Å². The molecule has 2 rings (SSSR count). The van der Waals surface area contributed by atoms with Crippen molar-refractivity contribution in [3.05, 3.63) is 69.7 Å². The molecule has 0 aromatic heterocycles. The van der Waals surface area contributed by atoms with E-state index in [1.54, 1.807) is 0 Å². The van der Waals surface area contributed by atoms with Gasteiger partial charge in [0.2, 0.25) is 0 Å². The molecule has 0 bridgehead atoms. The molecule has 0 aliphatic carbocycles. The van der Waals surface area contributed by atoms with E-state index in [0.29, 0.717) is 6.61 Å². The van der Waals surface area contributed by atoms with Crippen LogP contribution in [0.1, 0.15) is 22.8 Å². The Hall–Kier alpha value is -0.390. The summed E-state index contributed by atoms with van der Waals surface area (Å²) in [5, 5.41) is 0. The van der Waals surface area contributed by atoms with Gasteiger partial charge in [-0.25, -0.2) is 0 Å². The standard InChI is InChI=1S/C16H16BrIO/c1-12-4-2-6-14(8-12)16(10-18)19-11-13-5-3-7-15(17)9-13/h2-9,16H,10-11H2,1H3. The maximum absolute atomic E-state index is 6.05. The summed E-state index contributed by atoms with van der Waals surface area (Å²) < 4.78 is 8.09. The molecule has 2 aromatic rings. The van der Waals surface area contributed by atoms with E-state index in [-0.39, 0.29) is 6.10 Å². The van der Waals surface area contributed by atoms with Gasteiger partial charge in [0, 0.05) is 8.90 Å². The fourth-order valence-corrected chi connectivity index (χ4v) is 3.13. The van der Waals surface area contributed by atoms with Gasteiger partial charge in [-0.15, -0.1) is 0 Å². The highest BCUT2D eigenvalue weighted by Gasteiger charge is 2.10. The van der Waals surface area contributed by atoms with E-state index in [2.05, 4.69) is 81.8 Å². The summed E-state index contributed by atoms with van der Waals surface area (Å²) in [4.78, 5) is 0. The third-order valence-electron chi connectivity index (χ3n) is 2.89. The summed E-state index contributed by atoms with van der Waals surface area (Å²) in [7, 11) is 0. The van der Waals surface area contributed by atoms with Crippen LogP contribution >= 0.6 is 38.5 Å². The van der Waals surface area contributed by atoms with Crippen LogP contribution in [0, 0.1) is 6.92 Å². The second-order valence-corrected chi connectivity index (χ2v) is 6.29. The van der Waals surface area contributed by atoms with E-state index >= 15 is 0 Å². The van der Waals surface area contributed by atoms with E-state index in [9.17, 15) is 0 Å². The number of halogens is 2. The summed E-state index contributed by atoms with van der Waals surface area (Å²) >= 11 is 5.86. The van der Waals surface area contributed by atoms with E-state index in [4.69, 9.17) is 4.74 Å². The second kappa shape index (κ2) is 7.41. The molecule has 0 fully saturated rings. The Labute approximate surface area is 136 Å². The molecule has 0 saturated carbocycles. The Morgan fingerprint density at radius 2 is 1.95 bits per heavy atom. The van der Waals surface area contributed by atoms with Crippen molar-refractivity contribution in [3.8, 4) is 0 Å². The Kier molecular flexibility index (Phi) is 5.85. The lowest BCUT2D eigenvalue weighted by atomic mass is 10.1. The molecule has 2 aromatic carbocycles. The number of benzene rings is 2. The lowest BCUT2D eigenvalue weighted by molar-refractivity contribution is 0.0576. The lowest BCUT2D eigenvalue weighted by Gasteiger charge is -2.16. The minimum absolute atomic E-state index is 0.152. The maximum atomic E-state index is 6.05. The SMILES string of the molecule is Cc1cccc(C(CI)OCc2cccc(Br)c2)c1. The molecular formula is C16H16BrIO. The van der Waals surface area contributed by atoms with Gasteiger partial charge in [0.25, 0.3) is 0 Å². The fraction of sp³-hybridized carbons (Fsp3) is 0.250. The Morgan fingerprint density at radius 3 is 2.63 bits per heavy atom. The first kappa shape index (κ1) is 15.0. The van der Waals surface area contributed by atoms with Crippen LogP contribution in [0.25, 0.3) is 0 Å². The van der Waals surface area contributed by atoms with Crippen molar-refractivity contribution >= 4 is 38.5 Å². The van der Waals surface area contributed by atoms with Crippen molar-refractivity contribution in [1.29, 1.82) is 0 Å². The fourth-order valence-electron chi connectivity index (χ4n) is 1.92. The zero-order valence-electron chi connectivity index (χ0n) is 10.8. The summed E-state index contributed by atoms with van der Waals surface area (Å²) in [6, 6.07) is 16.8. The van der Waals surface area contributed by atoms with E-state index in [1.807, 2.05) is 12.1 Å². The summed E-state index contributed by atoms with van der Waals surface area (Å²) in [5.41, 5.74) is 3.72. The topological polar surface area (TPSA) is 9.23 Å². The smallest absolute Gasteiger partial charge is 0.0918 e.